The Morgan fingerprint density at radius 2 is 1.91 bits per heavy atom. The van der Waals surface area contributed by atoms with E-state index in [-0.39, 0.29) is 5.54 Å². The molecule has 1 aliphatic heterocycles. The van der Waals surface area contributed by atoms with Gasteiger partial charge in [0.25, 0.3) is 0 Å². The highest BCUT2D eigenvalue weighted by Gasteiger charge is 2.25. The molecule has 0 aromatic rings. The van der Waals surface area contributed by atoms with Crippen LogP contribution in [0.1, 0.15) is 13.8 Å². The normalized spacial score (nSPS) is 21.2. The van der Waals surface area contributed by atoms with Crippen LogP contribution in [0.2, 0.25) is 0 Å². The van der Waals surface area contributed by atoms with E-state index in [1.54, 1.807) is 0 Å². The van der Waals surface area contributed by atoms with Crippen LogP contribution in [0.4, 0.5) is 0 Å². The van der Waals surface area contributed by atoms with E-state index >= 15 is 0 Å². The van der Waals surface area contributed by atoms with E-state index in [1.165, 1.54) is 11.5 Å². The van der Waals surface area contributed by atoms with E-state index in [0.29, 0.717) is 0 Å². The molecule has 0 atom stereocenters. The first-order valence-corrected chi connectivity index (χ1v) is 5.13. The van der Waals surface area contributed by atoms with E-state index in [0.717, 1.165) is 13.1 Å². The second kappa shape index (κ2) is 3.51. The maximum Gasteiger partial charge on any atom is 0.0766 e. The minimum Gasteiger partial charge on any atom is -0.286 e. The van der Waals surface area contributed by atoms with Crippen molar-refractivity contribution in [2.75, 3.05) is 24.6 Å². The molecule has 1 saturated heterocycles. The Balaban J connectivity index is 2.52. The number of hydrogen-bond acceptors (Lipinski definition) is 2. The number of rotatable bonds is 1. The average molecular weight is 169 g/mol. The van der Waals surface area contributed by atoms with Crippen LogP contribution in [0.15, 0.2) is 0 Å². The molecule has 0 aliphatic carbocycles. The molecule has 1 aliphatic rings. The van der Waals surface area contributed by atoms with Crippen molar-refractivity contribution in [2.24, 2.45) is 0 Å². The van der Waals surface area contributed by atoms with E-state index in [4.69, 9.17) is 6.42 Å². The van der Waals surface area contributed by atoms with E-state index in [1.807, 2.05) is 11.8 Å². The molecule has 62 valence electrons. The Hall–Kier alpha value is -0.130. The Morgan fingerprint density at radius 1 is 1.36 bits per heavy atom. The predicted octanol–water partition coefficient (Wildman–Crippen LogP) is 1.45. The van der Waals surface area contributed by atoms with Crippen molar-refractivity contribution >= 4 is 11.8 Å². The molecule has 0 aromatic carbocycles. The number of thioether (sulfide) groups is 1. The van der Waals surface area contributed by atoms with Crippen molar-refractivity contribution in [2.45, 2.75) is 19.4 Å². The highest BCUT2D eigenvalue weighted by atomic mass is 32.2. The minimum atomic E-state index is -0.0407. The third kappa shape index (κ3) is 2.15. The fourth-order valence-corrected chi connectivity index (χ4v) is 2.12. The average Bonchev–Trinajstić information content (AvgIpc) is 2.06. The van der Waals surface area contributed by atoms with Crippen molar-refractivity contribution < 1.29 is 0 Å². The molecule has 0 amide bonds. The molecular formula is C9H15NS. The van der Waals surface area contributed by atoms with Crippen molar-refractivity contribution in [3.8, 4) is 12.3 Å². The smallest absolute Gasteiger partial charge is 0.0766 e. The Morgan fingerprint density at radius 3 is 2.36 bits per heavy atom. The molecule has 0 spiro atoms. The van der Waals surface area contributed by atoms with Crippen LogP contribution in [0.5, 0.6) is 0 Å². The predicted molar refractivity (Wildman–Crippen MR) is 51.8 cm³/mol. The minimum absolute atomic E-state index is 0.0407. The van der Waals surface area contributed by atoms with Gasteiger partial charge < -0.3 is 0 Å². The number of nitrogens with zero attached hydrogens (tertiary/aromatic N) is 1. The largest absolute Gasteiger partial charge is 0.286 e. The molecule has 1 heterocycles. The SMILES string of the molecule is C#CC(C)(C)N1CCSCC1. The molecule has 1 nitrogen and oxygen atoms in total. The molecule has 0 unspecified atom stereocenters. The second-order valence-electron chi connectivity index (χ2n) is 3.30. The summed E-state index contributed by atoms with van der Waals surface area (Å²) >= 11 is 2.01. The van der Waals surface area contributed by atoms with Gasteiger partial charge in [-0.05, 0) is 13.8 Å². The standard InChI is InChI=1S/C9H15NS/c1-4-9(2,3)10-5-7-11-8-6-10/h1H,5-8H2,2-3H3. The van der Waals surface area contributed by atoms with Gasteiger partial charge in [-0.2, -0.15) is 11.8 Å². The highest BCUT2D eigenvalue weighted by molar-refractivity contribution is 7.99. The van der Waals surface area contributed by atoms with Gasteiger partial charge in [-0.3, -0.25) is 4.90 Å². The summed E-state index contributed by atoms with van der Waals surface area (Å²) in [6, 6.07) is 0. The Labute approximate surface area is 73.5 Å². The third-order valence-electron chi connectivity index (χ3n) is 2.15. The first-order valence-electron chi connectivity index (χ1n) is 3.97. The Bertz CT molecular complexity index is 163. The molecule has 11 heavy (non-hydrogen) atoms. The van der Waals surface area contributed by atoms with Crippen LogP contribution in [0.25, 0.3) is 0 Å². The van der Waals surface area contributed by atoms with E-state index in [9.17, 15) is 0 Å². The molecule has 1 fully saturated rings. The van der Waals surface area contributed by atoms with Gasteiger partial charge in [-0.1, -0.05) is 5.92 Å². The summed E-state index contributed by atoms with van der Waals surface area (Å²) in [7, 11) is 0. The zero-order valence-electron chi connectivity index (χ0n) is 7.26. The van der Waals surface area contributed by atoms with Gasteiger partial charge in [0.2, 0.25) is 0 Å². The van der Waals surface area contributed by atoms with Gasteiger partial charge >= 0.3 is 0 Å². The van der Waals surface area contributed by atoms with Crippen LogP contribution in [-0.4, -0.2) is 35.0 Å². The molecule has 0 N–H and O–H groups in total. The van der Waals surface area contributed by atoms with Crippen LogP contribution in [0.3, 0.4) is 0 Å². The molecule has 0 radical (unpaired) electrons. The quantitative estimate of drug-likeness (QED) is 0.547. The maximum absolute atomic E-state index is 5.44. The first kappa shape index (κ1) is 8.96. The summed E-state index contributed by atoms with van der Waals surface area (Å²) in [5.41, 5.74) is -0.0407. The summed E-state index contributed by atoms with van der Waals surface area (Å²) in [6.07, 6.45) is 5.44. The molecule has 0 saturated carbocycles. The summed E-state index contributed by atoms with van der Waals surface area (Å²) in [5, 5.41) is 0. The molecular weight excluding hydrogens is 154 g/mol. The van der Waals surface area contributed by atoms with Crippen LogP contribution in [0, 0.1) is 12.3 Å². The van der Waals surface area contributed by atoms with Crippen LogP contribution >= 0.6 is 11.8 Å². The molecule has 0 aromatic heterocycles. The lowest BCUT2D eigenvalue weighted by Crippen LogP contribution is -2.47. The lowest BCUT2D eigenvalue weighted by molar-refractivity contribution is 0.189. The molecule has 0 bridgehead atoms. The van der Waals surface area contributed by atoms with Crippen molar-refractivity contribution in [3.05, 3.63) is 0 Å². The lowest BCUT2D eigenvalue weighted by atomic mass is 10.0. The van der Waals surface area contributed by atoms with E-state index < -0.39 is 0 Å². The zero-order valence-corrected chi connectivity index (χ0v) is 8.08. The summed E-state index contributed by atoms with van der Waals surface area (Å²) in [5.74, 6) is 5.28. The van der Waals surface area contributed by atoms with Gasteiger partial charge in [0, 0.05) is 24.6 Å². The first-order chi connectivity index (χ1) is 5.17. The lowest BCUT2D eigenvalue weighted by Gasteiger charge is -2.36. The van der Waals surface area contributed by atoms with Gasteiger partial charge in [0.05, 0.1) is 5.54 Å². The van der Waals surface area contributed by atoms with Crippen molar-refractivity contribution in [1.29, 1.82) is 0 Å². The van der Waals surface area contributed by atoms with Crippen molar-refractivity contribution in [3.63, 3.8) is 0 Å². The second-order valence-corrected chi connectivity index (χ2v) is 4.53. The summed E-state index contributed by atoms with van der Waals surface area (Å²) in [6.45, 7) is 6.51. The summed E-state index contributed by atoms with van der Waals surface area (Å²) in [4.78, 5) is 2.38. The van der Waals surface area contributed by atoms with Crippen molar-refractivity contribution in [1.82, 2.24) is 4.90 Å². The fraction of sp³-hybridized carbons (Fsp3) is 0.778. The monoisotopic (exact) mass is 169 g/mol. The number of terminal acetylenes is 1. The number of hydrogen-bond donors (Lipinski definition) is 0. The zero-order chi connectivity index (χ0) is 8.32. The topological polar surface area (TPSA) is 3.24 Å². The molecule has 2 heteroatoms. The fourth-order valence-electron chi connectivity index (χ4n) is 1.21. The highest BCUT2D eigenvalue weighted by Crippen LogP contribution is 2.18. The van der Waals surface area contributed by atoms with Gasteiger partial charge in [0.15, 0.2) is 0 Å². The van der Waals surface area contributed by atoms with Crippen LogP contribution in [-0.2, 0) is 0 Å². The molecule has 1 rings (SSSR count). The maximum atomic E-state index is 5.44. The van der Waals surface area contributed by atoms with Gasteiger partial charge in [-0.15, -0.1) is 6.42 Å². The summed E-state index contributed by atoms with van der Waals surface area (Å²) < 4.78 is 0. The van der Waals surface area contributed by atoms with Crippen LogP contribution < -0.4 is 0 Å². The van der Waals surface area contributed by atoms with Gasteiger partial charge in [0.1, 0.15) is 0 Å². The van der Waals surface area contributed by atoms with Gasteiger partial charge in [-0.25, -0.2) is 0 Å². The Kier molecular flexibility index (Phi) is 2.86. The van der Waals surface area contributed by atoms with E-state index in [2.05, 4.69) is 24.7 Å². The third-order valence-corrected chi connectivity index (χ3v) is 3.10.